The van der Waals surface area contributed by atoms with Gasteiger partial charge >= 0.3 is 0 Å². The largest absolute Gasteiger partial charge is 0.507 e. The number of phenols is 2. The second-order valence-electron chi connectivity index (χ2n) is 4.75. The number of unbranched alkanes of at least 4 members (excludes halogenated alkanes) is 2. The van der Waals surface area contributed by atoms with Gasteiger partial charge in [0.05, 0.1) is 0 Å². The van der Waals surface area contributed by atoms with Gasteiger partial charge in [0.2, 0.25) is 0 Å². The molecule has 0 aliphatic rings. The summed E-state index contributed by atoms with van der Waals surface area (Å²) in [7, 11) is 0. The Labute approximate surface area is 120 Å². The third-order valence-electron chi connectivity index (χ3n) is 2.92. The molecule has 0 aliphatic carbocycles. The van der Waals surface area contributed by atoms with Gasteiger partial charge in [-0.3, -0.25) is 9.98 Å². The number of nitrogens with zero attached hydrogens (tertiary/aromatic N) is 2. The van der Waals surface area contributed by atoms with Gasteiger partial charge in [0, 0.05) is 42.7 Å². The highest BCUT2D eigenvalue weighted by Gasteiger charge is 2.05. The summed E-state index contributed by atoms with van der Waals surface area (Å²) in [5.41, 5.74) is 1.21. The van der Waals surface area contributed by atoms with Crippen molar-refractivity contribution in [2.75, 3.05) is 13.1 Å². The molecule has 2 N–H and O–H groups in total. The van der Waals surface area contributed by atoms with E-state index >= 15 is 0 Å². The Morgan fingerprint density at radius 2 is 1.30 bits per heavy atom. The van der Waals surface area contributed by atoms with Crippen molar-refractivity contribution in [3.63, 3.8) is 0 Å². The molecule has 20 heavy (non-hydrogen) atoms. The molecule has 0 heterocycles. The van der Waals surface area contributed by atoms with E-state index in [1.807, 2.05) is 0 Å². The van der Waals surface area contributed by atoms with Crippen molar-refractivity contribution in [1.29, 1.82) is 0 Å². The zero-order chi connectivity index (χ0) is 14.8. The first-order valence-corrected chi connectivity index (χ1v) is 7.24. The summed E-state index contributed by atoms with van der Waals surface area (Å²) in [6.45, 7) is 5.71. The standard InChI is InChI=1S/C16H24N2O2/c1-3-5-7-17-11-13-9-14(12-18-8-6-4-2)16(20)10-15(13)19/h9-12,19-20H,3-8H2,1-2H3/b17-11+,18-12+. The predicted molar refractivity (Wildman–Crippen MR) is 84.5 cm³/mol. The van der Waals surface area contributed by atoms with Crippen LogP contribution in [0.2, 0.25) is 0 Å². The van der Waals surface area contributed by atoms with Crippen LogP contribution in [-0.2, 0) is 0 Å². The molecular formula is C16H24N2O2. The van der Waals surface area contributed by atoms with Gasteiger partial charge in [-0.1, -0.05) is 26.7 Å². The van der Waals surface area contributed by atoms with Crippen molar-refractivity contribution >= 4 is 12.4 Å². The molecule has 1 aromatic carbocycles. The number of rotatable bonds is 8. The minimum Gasteiger partial charge on any atom is -0.507 e. The molecular weight excluding hydrogens is 252 g/mol. The lowest BCUT2D eigenvalue weighted by molar-refractivity contribution is 0.449. The lowest BCUT2D eigenvalue weighted by Gasteiger charge is -2.04. The van der Waals surface area contributed by atoms with Crippen LogP contribution >= 0.6 is 0 Å². The fraction of sp³-hybridized carbons (Fsp3) is 0.500. The van der Waals surface area contributed by atoms with Gasteiger partial charge in [-0.25, -0.2) is 0 Å². The van der Waals surface area contributed by atoms with Crippen LogP contribution in [0, 0.1) is 0 Å². The summed E-state index contributed by atoms with van der Waals surface area (Å²) in [6.07, 6.45) is 7.53. The Morgan fingerprint density at radius 3 is 1.70 bits per heavy atom. The van der Waals surface area contributed by atoms with Gasteiger partial charge in [-0.05, 0) is 18.9 Å². The third kappa shape index (κ3) is 5.43. The zero-order valence-electron chi connectivity index (χ0n) is 12.3. The van der Waals surface area contributed by atoms with Crippen LogP contribution in [0.4, 0.5) is 0 Å². The minimum absolute atomic E-state index is 0.0356. The Balaban J connectivity index is 2.80. The van der Waals surface area contributed by atoms with Crippen LogP contribution in [-0.4, -0.2) is 35.7 Å². The van der Waals surface area contributed by atoms with E-state index in [1.165, 1.54) is 6.07 Å². The lowest BCUT2D eigenvalue weighted by atomic mass is 10.1. The van der Waals surface area contributed by atoms with Gasteiger partial charge in [-0.15, -0.1) is 0 Å². The van der Waals surface area contributed by atoms with Gasteiger partial charge in [-0.2, -0.15) is 0 Å². The van der Waals surface area contributed by atoms with E-state index in [9.17, 15) is 10.2 Å². The fourth-order valence-corrected chi connectivity index (χ4v) is 1.64. The molecule has 1 rings (SSSR count). The first kappa shape index (κ1) is 16.2. The first-order valence-electron chi connectivity index (χ1n) is 7.24. The summed E-state index contributed by atoms with van der Waals surface area (Å²) >= 11 is 0. The van der Waals surface area contributed by atoms with Crippen LogP contribution in [0.15, 0.2) is 22.1 Å². The quantitative estimate of drug-likeness (QED) is 0.563. The number of aromatic hydroxyl groups is 2. The molecule has 4 heteroatoms. The van der Waals surface area contributed by atoms with Crippen molar-refractivity contribution in [2.45, 2.75) is 39.5 Å². The molecule has 0 amide bonds. The molecule has 4 nitrogen and oxygen atoms in total. The number of aliphatic imine (C=N–C) groups is 2. The maximum atomic E-state index is 9.79. The molecule has 1 aromatic rings. The SMILES string of the molecule is CCCC/N=C/c1cc(/C=N/CCCC)c(O)cc1O. The number of benzene rings is 1. The Bertz CT molecular complexity index is 429. The summed E-state index contributed by atoms with van der Waals surface area (Å²) < 4.78 is 0. The Morgan fingerprint density at radius 1 is 0.850 bits per heavy atom. The van der Waals surface area contributed by atoms with Gasteiger partial charge in [0.15, 0.2) is 0 Å². The van der Waals surface area contributed by atoms with Gasteiger partial charge in [0.1, 0.15) is 11.5 Å². The molecule has 0 radical (unpaired) electrons. The summed E-state index contributed by atoms with van der Waals surface area (Å²) in [4.78, 5) is 8.52. The van der Waals surface area contributed by atoms with E-state index in [0.717, 1.165) is 38.8 Å². The molecule has 0 fully saturated rings. The predicted octanol–water partition coefficient (Wildman–Crippen LogP) is 3.54. The van der Waals surface area contributed by atoms with Gasteiger partial charge < -0.3 is 10.2 Å². The third-order valence-corrected chi connectivity index (χ3v) is 2.92. The highest BCUT2D eigenvalue weighted by molar-refractivity contribution is 5.91. The average molecular weight is 276 g/mol. The fourth-order valence-electron chi connectivity index (χ4n) is 1.64. The minimum atomic E-state index is 0.0356. The van der Waals surface area contributed by atoms with Crippen molar-refractivity contribution in [1.82, 2.24) is 0 Å². The number of hydrogen-bond donors (Lipinski definition) is 2. The monoisotopic (exact) mass is 276 g/mol. The topological polar surface area (TPSA) is 65.2 Å². The van der Waals surface area contributed by atoms with Gasteiger partial charge in [0.25, 0.3) is 0 Å². The molecule has 0 aliphatic heterocycles. The Hall–Kier alpha value is -1.84. The van der Waals surface area contributed by atoms with Crippen molar-refractivity contribution in [3.05, 3.63) is 23.3 Å². The smallest absolute Gasteiger partial charge is 0.128 e. The second kappa shape index (κ2) is 9.13. The van der Waals surface area contributed by atoms with Crippen molar-refractivity contribution in [2.24, 2.45) is 9.98 Å². The highest BCUT2D eigenvalue weighted by atomic mass is 16.3. The number of phenolic OH excluding ortho intramolecular Hbond substituents is 2. The molecule has 110 valence electrons. The van der Waals surface area contributed by atoms with E-state index in [0.29, 0.717) is 11.1 Å². The number of hydrogen-bond acceptors (Lipinski definition) is 4. The van der Waals surface area contributed by atoms with E-state index in [2.05, 4.69) is 23.8 Å². The molecule has 0 bridgehead atoms. The maximum Gasteiger partial charge on any atom is 0.128 e. The molecule has 0 saturated heterocycles. The van der Waals surface area contributed by atoms with Crippen LogP contribution in [0.5, 0.6) is 11.5 Å². The highest BCUT2D eigenvalue weighted by Crippen LogP contribution is 2.25. The summed E-state index contributed by atoms with van der Waals surface area (Å²) in [6, 6.07) is 3.04. The molecule has 0 atom stereocenters. The molecule has 0 unspecified atom stereocenters. The van der Waals surface area contributed by atoms with E-state index in [1.54, 1.807) is 18.5 Å². The lowest BCUT2D eigenvalue weighted by Crippen LogP contribution is -1.91. The van der Waals surface area contributed by atoms with Crippen molar-refractivity contribution < 1.29 is 10.2 Å². The normalized spacial score (nSPS) is 11.7. The summed E-state index contributed by atoms with van der Waals surface area (Å²) in [5.74, 6) is 0.0712. The van der Waals surface area contributed by atoms with E-state index in [4.69, 9.17) is 0 Å². The molecule has 0 spiro atoms. The van der Waals surface area contributed by atoms with Crippen LogP contribution in [0.25, 0.3) is 0 Å². The van der Waals surface area contributed by atoms with Crippen LogP contribution in [0.3, 0.4) is 0 Å². The zero-order valence-corrected chi connectivity index (χ0v) is 12.3. The Kier molecular flexibility index (Phi) is 7.40. The van der Waals surface area contributed by atoms with Crippen LogP contribution in [0.1, 0.15) is 50.7 Å². The van der Waals surface area contributed by atoms with Crippen LogP contribution < -0.4 is 0 Å². The average Bonchev–Trinajstić information content (AvgIpc) is 2.43. The second-order valence-corrected chi connectivity index (χ2v) is 4.75. The van der Waals surface area contributed by atoms with Crippen molar-refractivity contribution in [3.8, 4) is 11.5 Å². The first-order chi connectivity index (χ1) is 9.69. The maximum absolute atomic E-state index is 9.79. The van der Waals surface area contributed by atoms with E-state index in [-0.39, 0.29) is 11.5 Å². The molecule has 0 aromatic heterocycles. The summed E-state index contributed by atoms with van der Waals surface area (Å²) in [5, 5.41) is 19.6. The molecule has 0 saturated carbocycles. The van der Waals surface area contributed by atoms with E-state index < -0.39 is 0 Å².